The van der Waals surface area contributed by atoms with E-state index in [1.807, 2.05) is 18.2 Å². The average Bonchev–Trinajstić information content (AvgIpc) is 1.54. The van der Waals surface area contributed by atoms with Crippen LogP contribution in [0.1, 0.15) is 99.9 Å². The molecule has 0 saturated carbocycles. The lowest BCUT2D eigenvalue weighted by Gasteiger charge is -2.24. The summed E-state index contributed by atoms with van der Waals surface area (Å²) in [5.74, 6) is 4.78. The number of thiophene rings is 1. The molecule has 0 unspecified atom stereocenters. The fourth-order valence-corrected chi connectivity index (χ4v) is 27.4. The molecule has 0 aliphatic heterocycles. The summed E-state index contributed by atoms with van der Waals surface area (Å²) in [5.41, 5.74) is 33.0. The van der Waals surface area contributed by atoms with Crippen molar-refractivity contribution in [2.75, 3.05) is 0 Å². The predicted molar refractivity (Wildman–Crippen MR) is 621 cm³/mol. The van der Waals surface area contributed by atoms with Gasteiger partial charge in [-0.25, -0.2) is 29.9 Å². The molecular formula is C138H93N9OS. The Morgan fingerprint density at radius 2 is 0.544 bits per heavy atom. The van der Waals surface area contributed by atoms with Crippen LogP contribution in [-0.4, -0.2) is 43.6 Å². The highest BCUT2D eigenvalue weighted by Gasteiger charge is 2.44. The second-order valence-corrected chi connectivity index (χ2v) is 44.1. The van der Waals surface area contributed by atoms with E-state index in [1.165, 1.54) is 185 Å². The third-order valence-corrected chi connectivity index (χ3v) is 34.7. The van der Waals surface area contributed by atoms with Gasteiger partial charge in [0.2, 0.25) is 0 Å². The molecular weight excluding hydrogens is 1830 g/mol. The summed E-state index contributed by atoms with van der Waals surface area (Å²) in [6.45, 7) is 18.6. The molecule has 0 bridgehead atoms. The van der Waals surface area contributed by atoms with E-state index in [1.54, 1.807) is 11.3 Å². The van der Waals surface area contributed by atoms with Crippen LogP contribution in [-0.2, 0) is 21.7 Å². The molecule has 0 N–H and O–H groups in total. The van der Waals surface area contributed by atoms with Crippen molar-refractivity contribution in [3.63, 3.8) is 0 Å². The van der Waals surface area contributed by atoms with Gasteiger partial charge in [-0.15, -0.1) is 11.3 Å². The van der Waals surface area contributed by atoms with Gasteiger partial charge in [-0.3, -0.25) is 13.7 Å². The van der Waals surface area contributed by atoms with Gasteiger partial charge in [-0.05, 0) is 228 Å². The van der Waals surface area contributed by atoms with Crippen LogP contribution < -0.4 is 0 Å². The molecule has 0 fully saturated rings. The summed E-state index contributed by atoms with van der Waals surface area (Å²) >= 11 is 1.78. The summed E-state index contributed by atoms with van der Waals surface area (Å²) in [7, 11) is 0. The molecule has 8 aromatic heterocycles. The first-order chi connectivity index (χ1) is 72.9. The largest absolute Gasteiger partial charge is 0.450 e. The van der Waals surface area contributed by atoms with Crippen molar-refractivity contribution in [2.45, 2.75) is 77.0 Å². The van der Waals surface area contributed by atoms with Crippen molar-refractivity contribution < 1.29 is 4.42 Å². The van der Waals surface area contributed by atoms with E-state index in [2.05, 4.69) is 469 Å². The standard InChI is InChI=1S/C48H35N3.C45H29N3O.C45H29N3S/c1-47(2)37-19-11-9-17-33(37)35-26-31(21-23-39(35)47)45-49-44-34-18-10-12-20-38(34)48(3,4)43(44)46(50-45)51-40-24-22-28-13-7-8-16-32(28)42(40)36-25-29-14-5-6-15-30(29)27-41(36)51;2*1-45(2)35-17-9-7-15-31(35)33-24-29(19-21-36(33)45)43-46-41-32-16-8-10-18-39(32)49-42(41)44(47-43)48-37-22-20-26-11-5-6-14-30(26)40(37)34-23-27-12-3-4-13-28(27)25-38(34)48/h5-27H,1-4H3;2*3-25H,1-2H3. The minimum atomic E-state index is -0.308. The number of para-hydroxylation sites is 1. The maximum atomic E-state index is 6.67. The minimum absolute atomic E-state index is 0.0570. The van der Waals surface area contributed by atoms with Gasteiger partial charge in [0.15, 0.2) is 34.7 Å². The molecule has 4 aliphatic carbocycles. The number of aromatic nitrogens is 9. The van der Waals surface area contributed by atoms with Crippen molar-refractivity contribution in [3.8, 4) is 96.3 Å². The molecule has 8 heterocycles. The zero-order chi connectivity index (χ0) is 99.1. The fourth-order valence-electron chi connectivity index (χ4n) is 26.3. The fraction of sp³-hybridized carbons (Fsp3) is 0.0870. The molecule has 21 aromatic carbocycles. The summed E-state index contributed by atoms with van der Waals surface area (Å²) in [6, 6.07) is 152. The summed E-state index contributed by atoms with van der Waals surface area (Å²) in [6.07, 6.45) is 0. The zero-order valence-electron chi connectivity index (χ0n) is 83.2. The van der Waals surface area contributed by atoms with Gasteiger partial charge in [-0.1, -0.05) is 383 Å². The van der Waals surface area contributed by atoms with E-state index in [-0.39, 0.29) is 21.7 Å². The lowest BCUT2D eigenvalue weighted by molar-refractivity contribution is 0.650. The SMILES string of the molecule is CC1(C)c2ccccc2-c2cc(-c3nc(-n4c5cc6ccccc6cc5c5c6ccccc6ccc54)c4oc5ccccc5c4n3)ccc21.CC1(C)c2ccccc2-c2cc(-c3nc(-n4c5cc6ccccc6cc5c5c6ccccc6ccc54)c4sc5ccccc5c4n3)ccc21.CC1(C)c2ccccc2-c2cc(-c3nc4c(c(-n5c6cc7ccccc7cc6c6c7ccccc7ccc65)n3)C(C)(C)c3ccccc3-4)ccc21. The van der Waals surface area contributed by atoms with Crippen molar-refractivity contribution in [1.29, 1.82) is 0 Å². The molecule has 0 spiro atoms. The molecule has 11 heteroatoms. The predicted octanol–water partition coefficient (Wildman–Crippen LogP) is 36.1. The zero-order valence-corrected chi connectivity index (χ0v) is 84.0. The molecule has 0 amide bonds. The van der Waals surface area contributed by atoms with Gasteiger partial charge in [0.05, 0.1) is 49.0 Å². The number of rotatable bonds is 6. The van der Waals surface area contributed by atoms with Crippen LogP contribution >= 0.6 is 11.3 Å². The van der Waals surface area contributed by atoms with Crippen LogP contribution in [0, 0.1) is 0 Å². The Balaban J connectivity index is 0.000000101. The Kier molecular flexibility index (Phi) is 17.9. The Morgan fingerprint density at radius 3 is 0.987 bits per heavy atom. The number of hydrogen-bond donors (Lipinski definition) is 0. The molecule has 10 nitrogen and oxygen atoms in total. The van der Waals surface area contributed by atoms with Crippen molar-refractivity contribution in [3.05, 3.63) is 463 Å². The monoisotopic (exact) mass is 1920 g/mol. The first kappa shape index (κ1) is 85.3. The number of fused-ring (bicyclic) bond motifs is 36. The Morgan fingerprint density at radius 1 is 0.221 bits per heavy atom. The van der Waals surface area contributed by atoms with Crippen LogP contribution in [0.3, 0.4) is 0 Å². The first-order valence-electron chi connectivity index (χ1n) is 51.6. The van der Waals surface area contributed by atoms with Crippen LogP contribution in [0.4, 0.5) is 0 Å². The van der Waals surface area contributed by atoms with Crippen LogP contribution in [0.5, 0.6) is 0 Å². The van der Waals surface area contributed by atoms with Gasteiger partial charge in [0.1, 0.15) is 16.9 Å². The Labute approximate surface area is 861 Å². The van der Waals surface area contributed by atoms with Crippen LogP contribution in [0.2, 0.25) is 0 Å². The van der Waals surface area contributed by atoms with Crippen molar-refractivity contribution in [2.24, 2.45) is 0 Å². The Hall–Kier alpha value is -18.2. The Bertz CT molecular complexity index is 10600. The van der Waals surface area contributed by atoms with Crippen molar-refractivity contribution >= 4 is 184 Å². The van der Waals surface area contributed by atoms with Crippen molar-refractivity contribution in [1.82, 2.24) is 43.6 Å². The maximum absolute atomic E-state index is 6.67. The molecule has 0 atom stereocenters. The molecule has 0 radical (unpaired) electrons. The van der Waals surface area contributed by atoms with E-state index in [0.29, 0.717) is 11.4 Å². The third kappa shape index (κ3) is 12.3. The molecule has 702 valence electrons. The third-order valence-electron chi connectivity index (χ3n) is 33.5. The van der Waals surface area contributed by atoms with Crippen LogP contribution in [0.15, 0.2) is 423 Å². The highest BCUT2D eigenvalue weighted by Crippen LogP contribution is 2.58. The number of hydrogen-bond acceptors (Lipinski definition) is 8. The molecule has 0 saturated heterocycles. The number of benzene rings is 21. The van der Waals surface area contributed by atoms with Gasteiger partial charge < -0.3 is 4.42 Å². The minimum Gasteiger partial charge on any atom is -0.450 e. The van der Waals surface area contributed by atoms with E-state index in [4.69, 9.17) is 34.3 Å². The molecule has 29 aromatic rings. The average molecular weight is 1930 g/mol. The van der Waals surface area contributed by atoms with Gasteiger partial charge in [0.25, 0.3) is 0 Å². The quantitative estimate of drug-likeness (QED) is 0.163. The summed E-state index contributed by atoms with van der Waals surface area (Å²) in [5, 5.41) is 24.2. The van der Waals surface area contributed by atoms with E-state index >= 15 is 0 Å². The highest BCUT2D eigenvalue weighted by atomic mass is 32.1. The maximum Gasteiger partial charge on any atom is 0.197 e. The molecule has 4 aliphatic rings. The second kappa shape index (κ2) is 31.2. The van der Waals surface area contributed by atoms with Crippen LogP contribution in [0.25, 0.3) is 269 Å². The summed E-state index contributed by atoms with van der Waals surface area (Å²) in [4.78, 5) is 32.8. The summed E-state index contributed by atoms with van der Waals surface area (Å²) < 4.78 is 16.1. The van der Waals surface area contributed by atoms with Gasteiger partial charge >= 0.3 is 0 Å². The number of nitrogens with zero attached hydrogens (tertiary/aromatic N) is 9. The molecule has 33 rings (SSSR count). The van der Waals surface area contributed by atoms with E-state index in [0.717, 1.165) is 117 Å². The topological polar surface area (TPSA) is 105 Å². The lowest BCUT2D eigenvalue weighted by Crippen LogP contribution is -2.19. The van der Waals surface area contributed by atoms with E-state index in [9.17, 15) is 0 Å². The van der Waals surface area contributed by atoms with Gasteiger partial charge in [0, 0.05) is 97.3 Å². The second-order valence-electron chi connectivity index (χ2n) is 43.0. The highest BCUT2D eigenvalue weighted by molar-refractivity contribution is 7.26. The molecule has 149 heavy (non-hydrogen) atoms. The first-order valence-corrected chi connectivity index (χ1v) is 52.4. The smallest absolute Gasteiger partial charge is 0.197 e. The van der Waals surface area contributed by atoms with Gasteiger partial charge in [-0.2, -0.15) is 0 Å². The lowest BCUT2D eigenvalue weighted by atomic mass is 9.82. The number of furan rings is 1. The van der Waals surface area contributed by atoms with E-state index < -0.39 is 0 Å². The normalized spacial score (nSPS) is 14.1.